The molecule has 0 radical (unpaired) electrons. The molecule has 0 aliphatic carbocycles. The van der Waals surface area contributed by atoms with Crippen molar-refractivity contribution in [3.63, 3.8) is 0 Å². The molecule has 0 aromatic heterocycles. The van der Waals surface area contributed by atoms with E-state index in [0.717, 1.165) is 23.3 Å². The van der Waals surface area contributed by atoms with Crippen molar-refractivity contribution in [3.05, 3.63) is 71.8 Å². The first-order valence-corrected chi connectivity index (χ1v) is 9.43. The van der Waals surface area contributed by atoms with Crippen LogP contribution in [0.15, 0.2) is 60.7 Å². The molecule has 1 amide bonds. The molecule has 0 fully saturated rings. The van der Waals surface area contributed by atoms with Gasteiger partial charge in [-0.2, -0.15) is 0 Å². The molecule has 148 valence electrons. The van der Waals surface area contributed by atoms with E-state index in [9.17, 15) is 9.59 Å². The van der Waals surface area contributed by atoms with Crippen molar-refractivity contribution in [1.29, 1.82) is 0 Å². The van der Waals surface area contributed by atoms with Crippen LogP contribution in [0.2, 0.25) is 0 Å². The second kappa shape index (κ2) is 11.6. The molecular weight excluding hydrogens is 354 g/mol. The van der Waals surface area contributed by atoms with Crippen LogP contribution >= 0.6 is 0 Å². The number of nitrogens with zero attached hydrogens (tertiary/aromatic N) is 1. The van der Waals surface area contributed by atoms with Crippen molar-refractivity contribution in [2.75, 3.05) is 26.8 Å². The third-order valence-corrected chi connectivity index (χ3v) is 4.25. The van der Waals surface area contributed by atoms with Gasteiger partial charge < -0.3 is 14.4 Å². The molecule has 0 heterocycles. The minimum absolute atomic E-state index is 0.131. The van der Waals surface area contributed by atoms with Crippen molar-refractivity contribution in [2.24, 2.45) is 0 Å². The number of benzene rings is 2. The largest absolute Gasteiger partial charge is 0.494 e. The summed E-state index contributed by atoms with van der Waals surface area (Å²) in [5.74, 6) is 0.343. The molecule has 0 atom stereocenters. The van der Waals surface area contributed by atoms with E-state index in [4.69, 9.17) is 9.47 Å². The van der Waals surface area contributed by atoms with Crippen LogP contribution in [0, 0.1) is 0 Å². The van der Waals surface area contributed by atoms with Crippen LogP contribution < -0.4 is 4.74 Å². The zero-order chi connectivity index (χ0) is 20.2. The van der Waals surface area contributed by atoms with Crippen molar-refractivity contribution < 1.29 is 19.1 Å². The molecule has 2 aromatic carbocycles. The van der Waals surface area contributed by atoms with Gasteiger partial charge in [0.2, 0.25) is 5.91 Å². The second-order valence-corrected chi connectivity index (χ2v) is 6.22. The normalized spacial score (nSPS) is 10.6. The highest BCUT2D eigenvalue weighted by molar-refractivity contribution is 5.92. The van der Waals surface area contributed by atoms with Crippen LogP contribution in [0.1, 0.15) is 24.5 Å². The minimum Gasteiger partial charge on any atom is -0.494 e. The Morgan fingerprint density at radius 2 is 1.71 bits per heavy atom. The molecule has 0 aliphatic rings. The molecule has 0 saturated carbocycles. The van der Waals surface area contributed by atoms with E-state index in [2.05, 4.69) is 0 Å². The number of rotatable bonds is 10. The molecule has 5 heteroatoms. The zero-order valence-electron chi connectivity index (χ0n) is 16.5. The van der Waals surface area contributed by atoms with Crippen molar-refractivity contribution in [1.82, 2.24) is 4.90 Å². The van der Waals surface area contributed by atoms with Gasteiger partial charge in [0.05, 0.1) is 20.1 Å². The summed E-state index contributed by atoms with van der Waals surface area (Å²) in [5, 5.41) is 0. The Bertz CT molecular complexity index is 769. The molecular formula is C23H27NO4. The lowest BCUT2D eigenvalue weighted by molar-refractivity contribution is -0.141. The highest BCUT2D eigenvalue weighted by atomic mass is 16.5. The minimum atomic E-state index is -0.326. The van der Waals surface area contributed by atoms with E-state index in [1.165, 1.54) is 13.2 Å². The number of esters is 1. The van der Waals surface area contributed by atoms with Gasteiger partial charge >= 0.3 is 5.97 Å². The lowest BCUT2D eigenvalue weighted by Crippen LogP contribution is -2.33. The van der Waals surface area contributed by atoms with Gasteiger partial charge in [0.15, 0.2) is 0 Å². The lowest BCUT2D eigenvalue weighted by Gasteiger charge is -2.21. The second-order valence-electron chi connectivity index (χ2n) is 6.22. The van der Waals surface area contributed by atoms with E-state index in [1.807, 2.05) is 61.5 Å². The Morgan fingerprint density at radius 3 is 2.36 bits per heavy atom. The van der Waals surface area contributed by atoms with E-state index >= 15 is 0 Å². The highest BCUT2D eigenvalue weighted by Gasteiger charge is 2.13. The first kappa shape index (κ1) is 21.2. The topological polar surface area (TPSA) is 55.8 Å². The maximum atomic E-state index is 12.7. The van der Waals surface area contributed by atoms with E-state index in [0.29, 0.717) is 19.7 Å². The molecule has 2 aromatic rings. The average Bonchev–Trinajstić information content (AvgIpc) is 2.73. The summed E-state index contributed by atoms with van der Waals surface area (Å²) in [6.07, 6.45) is 4.21. The third kappa shape index (κ3) is 7.27. The van der Waals surface area contributed by atoms with E-state index in [1.54, 1.807) is 11.0 Å². The highest BCUT2D eigenvalue weighted by Crippen LogP contribution is 2.13. The summed E-state index contributed by atoms with van der Waals surface area (Å²) < 4.78 is 10.1. The maximum Gasteiger partial charge on any atom is 0.307 e. The summed E-state index contributed by atoms with van der Waals surface area (Å²) >= 11 is 0. The Labute approximate surface area is 166 Å². The van der Waals surface area contributed by atoms with Gasteiger partial charge in [-0.15, -0.1) is 0 Å². The van der Waals surface area contributed by atoms with E-state index < -0.39 is 0 Å². The van der Waals surface area contributed by atoms with Gasteiger partial charge in [0, 0.05) is 19.2 Å². The fourth-order valence-electron chi connectivity index (χ4n) is 2.68. The summed E-state index contributed by atoms with van der Waals surface area (Å²) in [6.45, 7) is 3.41. The molecule has 0 saturated heterocycles. The van der Waals surface area contributed by atoms with E-state index in [-0.39, 0.29) is 18.3 Å². The standard InChI is InChI=1S/C23H27NO4/c1-3-28-21-12-9-20(10-13-21)11-14-22(25)24(18-16-23(26)27-2)17-15-19-7-5-4-6-8-19/h4-14H,3,15-18H2,1-2H3/b14-11+. The van der Waals surface area contributed by atoms with Crippen LogP contribution in [0.5, 0.6) is 5.75 Å². The maximum absolute atomic E-state index is 12.7. The number of carbonyl (C=O) groups excluding carboxylic acids is 2. The smallest absolute Gasteiger partial charge is 0.307 e. The molecule has 0 aliphatic heterocycles. The number of hydrogen-bond donors (Lipinski definition) is 0. The molecule has 5 nitrogen and oxygen atoms in total. The fraction of sp³-hybridized carbons (Fsp3) is 0.304. The summed E-state index contributed by atoms with van der Waals surface area (Å²) in [6, 6.07) is 17.5. The molecule has 0 N–H and O–H groups in total. The van der Waals surface area contributed by atoms with Gasteiger partial charge in [0.25, 0.3) is 0 Å². The van der Waals surface area contributed by atoms with Crippen LogP contribution in [0.4, 0.5) is 0 Å². The Balaban J connectivity index is 2.00. The monoisotopic (exact) mass is 381 g/mol. The summed E-state index contributed by atoms with van der Waals surface area (Å²) in [5.41, 5.74) is 2.06. The predicted octanol–water partition coefficient (Wildman–Crippen LogP) is 3.73. The summed E-state index contributed by atoms with van der Waals surface area (Å²) in [7, 11) is 1.35. The Morgan fingerprint density at radius 1 is 1.00 bits per heavy atom. The first-order chi connectivity index (χ1) is 13.6. The van der Waals surface area contributed by atoms with Crippen LogP contribution in [-0.4, -0.2) is 43.6 Å². The van der Waals surface area contributed by atoms with Crippen LogP contribution in [0.3, 0.4) is 0 Å². The van der Waals surface area contributed by atoms with Crippen LogP contribution in [0.25, 0.3) is 6.08 Å². The number of hydrogen-bond acceptors (Lipinski definition) is 4. The van der Waals surface area contributed by atoms with Gasteiger partial charge in [0.1, 0.15) is 5.75 Å². The predicted molar refractivity (Wildman–Crippen MR) is 110 cm³/mol. The number of methoxy groups -OCH3 is 1. The molecule has 28 heavy (non-hydrogen) atoms. The third-order valence-electron chi connectivity index (χ3n) is 4.25. The van der Waals surface area contributed by atoms with Gasteiger partial charge in [-0.3, -0.25) is 9.59 Å². The fourth-order valence-corrected chi connectivity index (χ4v) is 2.68. The molecule has 0 unspecified atom stereocenters. The van der Waals surface area contributed by atoms with Gasteiger partial charge in [-0.25, -0.2) is 0 Å². The first-order valence-electron chi connectivity index (χ1n) is 9.43. The number of amides is 1. The lowest BCUT2D eigenvalue weighted by atomic mass is 10.1. The van der Waals surface area contributed by atoms with Gasteiger partial charge in [-0.1, -0.05) is 42.5 Å². The quantitative estimate of drug-likeness (QED) is 0.465. The Kier molecular flexibility index (Phi) is 8.79. The molecule has 0 spiro atoms. The number of carbonyl (C=O) groups is 2. The van der Waals surface area contributed by atoms with Crippen molar-refractivity contribution in [3.8, 4) is 5.75 Å². The zero-order valence-corrected chi connectivity index (χ0v) is 16.5. The average molecular weight is 381 g/mol. The Hall–Kier alpha value is -3.08. The number of ether oxygens (including phenoxy) is 2. The van der Waals surface area contributed by atoms with Crippen LogP contribution in [-0.2, 0) is 20.7 Å². The molecule has 0 bridgehead atoms. The molecule has 2 rings (SSSR count). The van der Waals surface area contributed by atoms with Gasteiger partial charge in [-0.05, 0) is 42.7 Å². The van der Waals surface area contributed by atoms with Crippen molar-refractivity contribution in [2.45, 2.75) is 19.8 Å². The SMILES string of the molecule is CCOc1ccc(/C=C/C(=O)N(CCC(=O)OC)CCc2ccccc2)cc1. The van der Waals surface area contributed by atoms with Crippen molar-refractivity contribution >= 4 is 18.0 Å². The summed E-state index contributed by atoms with van der Waals surface area (Å²) in [4.78, 5) is 25.8.